The van der Waals surface area contributed by atoms with E-state index < -0.39 is 28.5 Å². The highest BCUT2D eigenvalue weighted by atomic mass is 79.9. The van der Waals surface area contributed by atoms with Crippen molar-refractivity contribution in [2.24, 2.45) is 0 Å². The highest BCUT2D eigenvalue weighted by Crippen LogP contribution is 2.26. The van der Waals surface area contributed by atoms with Gasteiger partial charge in [-0.2, -0.15) is 0 Å². The lowest BCUT2D eigenvalue weighted by Gasteiger charge is -2.31. The average Bonchev–Trinajstić information content (AvgIpc) is 2.72. The number of hydrogen-bond donors (Lipinski definition) is 1. The molecule has 2 rings (SSSR count). The normalized spacial score (nSPS) is 12.2. The molecule has 0 aliphatic carbocycles. The second-order valence-corrected chi connectivity index (χ2v) is 10.8. The van der Waals surface area contributed by atoms with Crippen molar-refractivity contribution in [1.82, 2.24) is 10.2 Å². The summed E-state index contributed by atoms with van der Waals surface area (Å²) in [6, 6.07) is 9.04. The first-order valence-corrected chi connectivity index (χ1v) is 12.9. The Morgan fingerprint density at radius 2 is 1.78 bits per heavy atom. The van der Waals surface area contributed by atoms with Gasteiger partial charge in [0.25, 0.3) is 0 Å². The Labute approximate surface area is 206 Å². The summed E-state index contributed by atoms with van der Waals surface area (Å²) in [6.45, 7) is 2.97. The number of carbonyl (C=O) groups excluding carboxylic acids is 2. The van der Waals surface area contributed by atoms with Gasteiger partial charge in [-0.15, -0.1) is 0 Å². The number of amides is 2. The smallest absolute Gasteiger partial charge is 0.244 e. The molecule has 0 saturated carbocycles. The maximum absolute atomic E-state index is 13.3. The molecule has 2 aromatic rings. The zero-order valence-electron chi connectivity index (χ0n) is 18.0. The molecule has 174 valence electrons. The van der Waals surface area contributed by atoms with Gasteiger partial charge in [0.1, 0.15) is 12.6 Å². The van der Waals surface area contributed by atoms with Crippen LogP contribution >= 0.6 is 39.1 Å². The molecule has 0 radical (unpaired) electrons. The molecule has 2 aromatic carbocycles. The van der Waals surface area contributed by atoms with E-state index in [4.69, 9.17) is 23.2 Å². The molecule has 7 nitrogen and oxygen atoms in total. The van der Waals surface area contributed by atoms with Crippen LogP contribution in [0.1, 0.15) is 18.1 Å². The van der Waals surface area contributed by atoms with Crippen molar-refractivity contribution in [3.8, 4) is 0 Å². The number of likely N-dealkylation sites (N-methyl/N-ethyl adjacent to an activating group) is 1. The lowest BCUT2D eigenvalue weighted by atomic mass is 10.1. The standard InChI is InChI=1S/C21H24BrCl2N3O4S/c1-13-9-16(6-7-17(13)22)27(32(4,30)31)12-20(28)26(14(2)21(29)25-3)11-15-5-8-18(23)19(24)10-15/h5-10,14H,11-12H2,1-4H3,(H,25,29)/t14-/m0/s1. The maximum Gasteiger partial charge on any atom is 0.244 e. The molecule has 0 spiro atoms. The predicted molar refractivity (Wildman–Crippen MR) is 132 cm³/mol. The van der Waals surface area contributed by atoms with Gasteiger partial charge in [0, 0.05) is 18.1 Å². The van der Waals surface area contributed by atoms with Gasteiger partial charge >= 0.3 is 0 Å². The van der Waals surface area contributed by atoms with Crippen LogP contribution in [0.2, 0.25) is 10.0 Å². The summed E-state index contributed by atoms with van der Waals surface area (Å²) in [5.41, 5.74) is 1.81. The molecule has 32 heavy (non-hydrogen) atoms. The molecule has 0 fully saturated rings. The number of hydrogen-bond acceptors (Lipinski definition) is 4. The number of aryl methyl sites for hydroxylation is 1. The van der Waals surface area contributed by atoms with Crippen LogP contribution in [0, 0.1) is 6.92 Å². The van der Waals surface area contributed by atoms with Crippen LogP contribution < -0.4 is 9.62 Å². The van der Waals surface area contributed by atoms with E-state index in [1.54, 1.807) is 43.3 Å². The van der Waals surface area contributed by atoms with E-state index in [1.165, 1.54) is 11.9 Å². The molecule has 11 heteroatoms. The first kappa shape index (κ1) is 26.4. The summed E-state index contributed by atoms with van der Waals surface area (Å²) < 4.78 is 26.9. The zero-order valence-corrected chi connectivity index (χ0v) is 21.9. The molecular weight excluding hydrogens is 541 g/mol. The van der Waals surface area contributed by atoms with Crippen molar-refractivity contribution in [3.05, 3.63) is 62.0 Å². The fourth-order valence-corrected chi connectivity index (χ4v) is 4.43. The minimum Gasteiger partial charge on any atom is -0.357 e. The molecule has 0 aromatic heterocycles. The van der Waals surface area contributed by atoms with Gasteiger partial charge in [0.15, 0.2) is 0 Å². The van der Waals surface area contributed by atoms with Crippen LogP contribution in [0.15, 0.2) is 40.9 Å². The summed E-state index contributed by atoms with van der Waals surface area (Å²) >= 11 is 15.5. The quantitative estimate of drug-likeness (QED) is 0.525. The minimum absolute atomic E-state index is 0.0429. The molecular formula is C21H24BrCl2N3O4S. The Bertz CT molecular complexity index is 1130. The zero-order chi connectivity index (χ0) is 24.2. The van der Waals surface area contributed by atoms with Crippen molar-refractivity contribution < 1.29 is 18.0 Å². The number of rotatable bonds is 8. The molecule has 1 atom stereocenters. The van der Waals surface area contributed by atoms with Crippen molar-refractivity contribution in [1.29, 1.82) is 0 Å². The Hall–Kier alpha value is -1.81. The number of halogens is 3. The van der Waals surface area contributed by atoms with E-state index in [-0.39, 0.29) is 12.5 Å². The van der Waals surface area contributed by atoms with Gasteiger partial charge in [-0.25, -0.2) is 8.42 Å². The highest BCUT2D eigenvalue weighted by molar-refractivity contribution is 9.10. The monoisotopic (exact) mass is 563 g/mol. The topological polar surface area (TPSA) is 86.8 Å². The molecule has 0 unspecified atom stereocenters. The van der Waals surface area contributed by atoms with Crippen LogP contribution in [-0.2, 0) is 26.2 Å². The molecule has 0 aliphatic rings. The number of sulfonamides is 1. The first-order valence-electron chi connectivity index (χ1n) is 9.54. The van der Waals surface area contributed by atoms with E-state index >= 15 is 0 Å². The molecule has 0 saturated heterocycles. The van der Waals surface area contributed by atoms with Crippen molar-refractivity contribution >= 4 is 66.7 Å². The second kappa shape index (κ2) is 10.9. The summed E-state index contributed by atoms with van der Waals surface area (Å²) in [7, 11) is -2.32. The van der Waals surface area contributed by atoms with Crippen LogP contribution in [0.5, 0.6) is 0 Å². The Morgan fingerprint density at radius 3 is 2.31 bits per heavy atom. The Morgan fingerprint density at radius 1 is 1.12 bits per heavy atom. The lowest BCUT2D eigenvalue weighted by Crippen LogP contribution is -2.50. The first-order chi connectivity index (χ1) is 14.8. The highest BCUT2D eigenvalue weighted by Gasteiger charge is 2.30. The lowest BCUT2D eigenvalue weighted by molar-refractivity contribution is -0.139. The molecule has 1 N–H and O–H groups in total. The molecule has 0 bridgehead atoms. The fraction of sp³-hybridized carbons (Fsp3) is 0.333. The molecule has 0 heterocycles. The van der Waals surface area contributed by atoms with E-state index in [0.29, 0.717) is 21.3 Å². The third-order valence-corrected chi connectivity index (χ3v) is 7.63. The summed E-state index contributed by atoms with van der Waals surface area (Å²) in [5.74, 6) is -0.929. The van der Waals surface area contributed by atoms with Gasteiger partial charge < -0.3 is 10.2 Å². The Balaban J connectivity index is 2.42. The number of nitrogens with zero attached hydrogens (tertiary/aromatic N) is 2. The third-order valence-electron chi connectivity index (χ3n) is 4.86. The van der Waals surface area contributed by atoms with Crippen LogP contribution in [-0.4, -0.2) is 51.0 Å². The van der Waals surface area contributed by atoms with Gasteiger partial charge in [-0.3, -0.25) is 13.9 Å². The fourth-order valence-electron chi connectivity index (χ4n) is 3.02. The van der Waals surface area contributed by atoms with Crippen molar-refractivity contribution in [2.75, 3.05) is 24.2 Å². The largest absolute Gasteiger partial charge is 0.357 e. The maximum atomic E-state index is 13.3. The second-order valence-electron chi connectivity index (χ2n) is 7.26. The number of carbonyl (C=O) groups is 2. The van der Waals surface area contributed by atoms with Crippen LogP contribution in [0.3, 0.4) is 0 Å². The number of nitrogens with one attached hydrogen (secondary N) is 1. The van der Waals surface area contributed by atoms with Crippen LogP contribution in [0.25, 0.3) is 0 Å². The molecule has 2 amide bonds. The van der Waals surface area contributed by atoms with E-state index in [2.05, 4.69) is 21.2 Å². The number of benzene rings is 2. The predicted octanol–water partition coefficient (Wildman–Crippen LogP) is 3.99. The number of anilines is 1. The SMILES string of the molecule is CNC(=O)[C@H](C)N(Cc1ccc(Cl)c(Cl)c1)C(=O)CN(c1ccc(Br)c(C)c1)S(C)(=O)=O. The average molecular weight is 565 g/mol. The van der Waals surface area contributed by atoms with Gasteiger partial charge in [0.05, 0.1) is 22.0 Å². The van der Waals surface area contributed by atoms with Crippen molar-refractivity contribution in [3.63, 3.8) is 0 Å². The summed E-state index contributed by atoms with van der Waals surface area (Å²) in [6.07, 6.45) is 1.03. The van der Waals surface area contributed by atoms with E-state index in [1.807, 2.05) is 6.92 Å². The van der Waals surface area contributed by atoms with Gasteiger partial charge in [-0.05, 0) is 55.3 Å². The Kier molecular flexibility index (Phi) is 8.98. The van der Waals surface area contributed by atoms with Crippen LogP contribution in [0.4, 0.5) is 5.69 Å². The third kappa shape index (κ3) is 6.60. The van der Waals surface area contributed by atoms with Gasteiger partial charge in [-0.1, -0.05) is 45.2 Å². The van der Waals surface area contributed by atoms with Crippen molar-refractivity contribution in [2.45, 2.75) is 26.4 Å². The summed E-state index contributed by atoms with van der Waals surface area (Å²) in [4.78, 5) is 26.9. The van der Waals surface area contributed by atoms with Gasteiger partial charge in [0.2, 0.25) is 21.8 Å². The van der Waals surface area contributed by atoms with E-state index in [9.17, 15) is 18.0 Å². The molecule has 0 aliphatic heterocycles. The van der Waals surface area contributed by atoms with E-state index in [0.717, 1.165) is 20.6 Å². The minimum atomic E-state index is -3.78. The summed E-state index contributed by atoms with van der Waals surface area (Å²) in [5, 5.41) is 3.19.